The van der Waals surface area contributed by atoms with E-state index in [0.29, 0.717) is 23.1 Å². The molecule has 7 heteroatoms. The molecule has 2 rings (SSSR count). The predicted octanol–water partition coefficient (Wildman–Crippen LogP) is 2.37. The molecule has 1 unspecified atom stereocenters. The van der Waals surface area contributed by atoms with Crippen LogP contribution in [0.5, 0.6) is 0 Å². The lowest BCUT2D eigenvalue weighted by molar-refractivity contribution is 0.379. The standard InChI is InChI=1S/C12H16Cl2N2O2S/c1-15-8-11-3-2-4-16(11)19(17,18)12-6-9(13)5-10(14)7-12/h5-7,11,15H,2-4,8H2,1H3. The Hall–Kier alpha value is -0.330. The van der Waals surface area contributed by atoms with E-state index in [-0.39, 0.29) is 10.9 Å². The van der Waals surface area contributed by atoms with Gasteiger partial charge in [-0.3, -0.25) is 0 Å². The van der Waals surface area contributed by atoms with Crippen molar-refractivity contribution in [2.24, 2.45) is 0 Å². The number of nitrogens with one attached hydrogen (secondary N) is 1. The first-order valence-electron chi connectivity index (χ1n) is 6.07. The van der Waals surface area contributed by atoms with Crippen molar-refractivity contribution < 1.29 is 8.42 Å². The van der Waals surface area contributed by atoms with Crippen LogP contribution in [0.4, 0.5) is 0 Å². The van der Waals surface area contributed by atoms with Crippen LogP contribution in [0.2, 0.25) is 10.0 Å². The lowest BCUT2D eigenvalue weighted by Gasteiger charge is -2.24. The normalized spacial score (nSPS) is 20.9. The highest BCUT2D eigenvalue weighted by atomic mass is 35.5. The fourth-order valence-electron chi connectivity index (χ4n) is 2.38. The molecule has 1 saturated heterocycles. The summed E-state index contributed by atoms with van der Waals surface area (Å²) in [6.45, 7) is 1.19. The van der Waals surface area contributed by atoms with E-state index in [1.165, 1.54) is 22.5 Å². The summed E-state index contributed by atoms with van der Waals surface area (Å²) in [7, 11) is -1.71. The molecule has 1 heterocycles. The molecule has 0 radical (unpaired) electrons. The molecule has 1 aromatic carbocycles. The fraction of sp³-hybridized carbons (Fsp3) is 0.500. The summed E-state index contributed by atoms with van der Waals surface area (Å²) in [5, 5.41) is 3.69. The number of rotatable bonds is 4. The maximum Gasteiger partial charge on any atom is 0.243 e. The molecule has 0 amide bonds. The van der Waals surface area contributed by atoms with E-state index in [9.17, 15) is 8.42 Å². The molecular formula is C12H16Cl2N2O2S. The van der Waals surface area contributed by atoms with Crippen LogP contribution in [0.3, 0.4) is 0 Å². The Bertz CT molecular complexity index is 543. The molecule has 0 bridgehead atoms. The van der Waals surface area contributed by atoms with Crippen LogP contribution in [0, 0.1) is 0 Å². The molecule has 0 aliphatic carbocycles. The van der Waals surface area contributed by atoms with E-state index in [1.54, 1.807) is 0 Å². The Balaban J connectivity index is 2.36. The maximum absolute atomic E-state index is 12.6. The highest BCUT2D eigenvalue weighted by Gasteiger charge is 2.35. The van der Waals surface area contributed by atoms with Crippen molar-refractivity contribution in [3.05, 3.63) is 28.2 Å². The van der Waals surface area contributed by atoms with Gasteiger partial charge in [0.05, 0.1) is 4.90 Å². The summed E-state index contributed by atoms with van der Waals surface area (Å²) in [6.07, 6.45) is 1.74. The smallest absolute Gasteiger partial charge is 0.243 e. The molecule has 1 N–H and O–H groups in total. The van der Waals surface area contributed by atoms with Crippen LogP contribution in [0.25, 0.3) is 0 Å². The zero-order valence-corrected chi connectivity index (χ0v) is 12.9. The molecule has 4 nitrogen and oxygen atoms in total. The topological polar surface area (TPSA) is 49.4 Å². The van der Waals surface area contributed by atoms with Crippen LogP contribution < -0.4 is 5.32 Å². The van der Waals surface area contributed by atoms with Gasteiger partial charge in [0.15, 0.2) is 0 Å². The molecule has 106 valence electrons. The van der Waals surface area contributed by atoms with Crippen molar-refractivity contribution in [3.8, 4) is 0 Å². The van der Waals surface area contributed by atoms with Gasteiger partial charge in [-0.1, -0.05) is 23.2 Å². The molecule has 1 aliphatic rings. The van der Waals surface area contributed by atoms with Crippen LogP contribution in [0.15, 0.2) is 23.1 Å². The maximum atomic E-state index is 12.6. The molecule has 1 atom stereocenters. The number of sulfonamides is 1. The average Bonchev–Trinajstić information content (AvgIpc) is 2.77. The highest BCUT2D eigenvalue weighted by molar-refractivity contribution is 7.89. The first-order chi connectivity index (χ1) is 8.95. The first kappa shape index (κ1) is 15.1. The second-order valence-electron chi connectivity index (χ2n) is 4.57. The third-order valence-electron chi connectivity index (χ3n) is 3.21. The van der Waals surface area contributed by atoms with E-state index < -0.39 is 10.0 Å². The van der Waals surface area contributed by atoms with E-state index in [4.69, 9.17) is 23.2 Å². The second-order valence-corrected chi connectivity index (χ2v) is 7.34. The largest absolute Gasteiger partial charge is 0.318 e. The summed E-state index contributed by atoms with van der Waals surface area (Å²) in [5.41, 5.74) is 0. The van der Waals surface area contributed by atoms with E-state index in [0.717, 1.165) is 12.8 Å². The van der Waals surface area contributed by atoms with E-state index in [1.807, 2.05) is 7.05 Å². The number of benzene rings is 1. The van der Waals surface area contributed by atoms with Crippen molar-refractivity contribution in [2.45, 2.75) is 23.8 Å². The SMILES string of the molecule is CNCC1CCCN1S(=O)(=O)c1cc(Cl)cc(Cl)c1. The molecular weight excluding hydrogens is 307 g/mol. The van der Waals surface area contributed by atoms with Crippen molar-refractivity contribution in [1.29, 1.82) is 0 Å². The number of hydrogen-bond donors (Lipinski definition) is 1. The summed E-state index contributed by atoms with van der Waals surface area (Å²) >= 11 is 11.8. The number of hydrogen-bond acceptors (Lipinski definition) is 3. The van der Waals surface area contributed by atoms with Gasteiger partial charge in [0, 0.05) is 29.2 Å². The molecule has 0 saturated carbocycles. The zero-order chi connectivity index (χ0) is 14.0. The van der Waals surface area contributed by atoms with Crippen molar-refractivity contribution in [3.63, 3.8) is 0 Å². The van der Waals surface area contributed by atoms with Crippen LogP contribution in [0.1, 0.15) is 12.8 Å². The molecule has 1 fully saturated rings. The van der Waals surface area contributed by atoms with Gasteiger partial charge in [0.25, 0.3) is 0 Å². The predicted molar refractivity (Wildman–Crippen MR) is 77.3 cm³/mol. The van der Waals surface area contributed by atoms with Gasteiger partial charge in [-0.05, 0) is 38.1 Å². The molecule has 0 aromatic heterocycles. The fourth-order valence-corrected chi connectivity index (χ4v) is 4.80. The van der Waals surface area contributed by atoms with Gasteiger partial charge < -0.3 is 5.32 Å². The van der Waals surface area contributed by atoms with E-state index >= 15 is 0 Å². The number of likely N-dealkylation sites (N-methyl/N-ethyl adjacent to an activating group) is 1. The average molecular weight is 323 g/mol. The summed E-state index contributed by atoms with van der Waals surface area (Å²) in [6, 6.07) is 4.40. The molecule has 1 aromatic rings. The zero-order valence-electron chi connectivity index (χ0n) is 10.6. The molecule has 0 spiro atoms. The van der Waals surface area contributed by atoms with Crippen LogP contribution in [-0.4, -0.2) is 38.9 Å². The Morgan fingerprint density at radius 2 is 1.95 bits per heavy atom. The lowest BCUT2D eigenvalue weighted by Crippen LogP contribution is -2.40. The molecule has 1 aliphatic heterocycles. The van der Waals surface area contributed by atoms with Crippen molar-refractivity contribution >= 4 is 33.2 Å². The Morgan fingerprint density at radius 1 is 1.32 bits per heavy atom. The van der Waals surface area contributed by atoms with Gasteiger partial charge in [-0.25, -0.2) is 8.42 Å². The van der Waals surface area contributed by atoms with Crippen LogP contribution in [-0.2, 0) is 10.0 Å². The molecule has 19 heavy (non-hydrogen) atoms. The highest BCUT2D eigenvalue weighted by Crippen LogP contribution is 2.29. The Kier molecular flexibility index (Phi) is 4.74. The summed E-state index contributed by atoms with van der Waals surface area (Å²) in [5.74, 6) is 0. The summed E-state index contributed by atoms with van der Waals surface area (Å²) in [4.78, 5) is 0.160. The number of nitrogens with zero attached hydrogens (tertiary/aromatic N) is 1. The van der Waals surface area contributed by atoms with Gasteiger partial charge in [-0.15, -0.1) is 0 Å². The van der Waals surface area contributed by atoms with Crippen molar-refractivity contribution in [2.75, 3.05) is 20.1 Å². The van der Waals surface area contributed by atoms with Gasteiger partial charge in [0.2, 0.25) is 10.0 Å². The van der Waals surface area contributed by atoms with Gasteiger partial charge >= 0.3 is 0 Å². The number of halogens is 2. The second kappa shape index (κ2) is 5.97. The Morgan fingerprint density at radius 3 is 2.53 bits per heavy atom. The third kappa shape index (κ3) is 3.23. The van der Waals surface area contributed by atoms with Gasteiger partial charge in [0.1, 0.15) is 0 Å². The van der Waals surface area contributed by atoms with E-state index in [2.05, 4.69) is 5.32 Å². The van der Waals surface area contributed by atoms with Gasteiger partial charge in [-0.2, -0.15) is 4.31 Å². The first-order valence-corrected chi connectivity index (χ1v) is 8.27. The Labute approximate surface area is 123 Å². The summed E-state index contributed by atoms with van der Waals surface area (Å²) < 4.78 is 26.7. The monoisotopic (exact) mass is 322 g/mol. The van der Waals surface area contributed by atoms with Crippen molar-refractivity contribution in [1.82, 2.24) is 9.62 Å². The quantitative estimate of drug-likeness (QED) is 0.925. The minimum absolute atomic E-state index is 0.00671. The minimum Gasteiger partial charge on any atom is -0.318 e. The third-order valence-corrected chi connectivity index (χ3v) is 5.57. The van der Waals surface area contributed by atoms with Crippen LogP contribution >= 0.6 is 23.2 Å². The lowest BCUT2D eigenvalue weighted by atomic mass is 10.2. The minimum atomic E-state index is -3.53.